The fourth-order valence-electron chi connectivity index (χ4n) is 3.64. The van der Waals surface area contributed by atoms with E-state index in [1.54, 1.807) is 0 Å². The summed E-state index contributed by atoms with van der Waals surface area (Å²) in [5.74, 6) is 2.15. The van der Waals surface area contributed by atoms with Crippen LogP contribution in [-0.2, 0) is 6.54 Å². The molecule has 2 aliphatic rings. The van der Waals surface area contributed by atoms with Crippen LogP contribution in [0.2, 0.25) is 0 Å². The second-order valence-electron chi connectivity index (χ2n) is 7.07. The topological polar surface area (TPSA) is 88.7 Å². The molecule has 1 aromatic carbocycles. The van der Waals surface area contributed by atoms with E-state index in [1.165, 1.54) is 12.8 Å². The smallest absolute Gasteiger partial charge is 0.225 e. The molecular formula is C20H26N6O. The summed E-state index contributed by atoms with van der Waals surface area (Å²) in [6.45, 7) is 5.16. The summed E-state index contributed by atoms with van der Waals surface area (Å²) in [5, 5.41) is 3.32. The van der Waals surface area contributed by atoms with Crippen molar-refractivity contribution in [1.29, 1.82) is 0 Å². The Morgan fingerprint density at radius 1 is 1.30 bits per heavy atom. The monoisotopic (exact) mass is 366 g/mol. The van der Waals surface area contributed by atoms with Crippen molar-refractivity contribution in [3.05, 3.63) is 47.3 Å². The van der Waals surface area contributed by atoms with Gasteiger partial charge in [0, 0.05) is 30.8 Å². The molecule has 2 aliphatic heterocycles. The minimum atomic E-state index is 0.117. The van der Waals surface area contributed by atoms with Crippen molar-refractivity contribution >= 4 is 11.9 Å². The molecule has 3 heterocycles. The fraction of sp³-hybridized carbons (Fsp3) is 0.450. The molecule has 142 valence electrons. The van der Waals surface area contributed by atoms with Crippen LogP contribution in [-0.4, -0.2) is 35.6 Å². The number of aromatic nitrogens is 2. The number of para-hydroxylation sites is 1. The Labute approximate surface area is 159 Å². The molecule has 0 aliphatic carbocycles. The van der Waals surface area contributed by atoms with Crippen LogP contribution in [0.4, 0.5) is 5.95 Å². The van der Waals surface area contributed by atoms with Gasteiger partial charge in [0.15, 0.2) is 5.96 Å². The molecule has 0 bridgehead atoms. The average Bonchev–Trinajstić information content (AvgIpc) is 3.21. The van der Waals surface area contributed by atoms with Gasteiger partial charge < -0.3 is 20.7 Å². The van der Waals surface area contributed by atoms with Gasteiger partial charge in [-0.05, 0) is 31.9 Å². The number of rotatable bonds is 4. The van der Waals surface area contributed by atoms with E-state index in [4.69, 9.17) is 10.5 Å². The maximum Gasteiger partial charge on any atom is 0.225 e. The van der Waals surface area contributed by atoms with E-state index in [0.717, 1.165) is 48.2 Å². The van der Waals surface area contributed by atoms with Gasteiger partial charge in [0.2, 0.25) is 5.95 Å². The first-order chi connectivity index (χ1) is 13.2. The van der Waals surface area contributed by atoms with Gasteiger partial charge in [-0.25, -0.2) is 15.0 Å². The number of aliphatic imine (C=N–C) groups is 1. The zero-order valence-corrected chi connectivity index (χ0v) is 15.7. The molecule has 1 saturated heterocycles. The first-order valence-electron chi connectivity index (χ1n) is 9.57. The molecule has 1 atom stereocenters. The normalized spacial score (nSPS) is 19.5. The summed E-state index contributed by atoms with van der Waals surface area (Å²) < 4.78 is 5.70. The third-order valence-corrected chi connectivity index (χ3v) is 4.98. The number of guanidine groups is 1. The van der Waals surface area contributed by atoms with Crippen LogP contribution >= 0.6 is 0 Å². The van der Waals surface area contributed by atoms with Crippen molar-refractivity contribution in [3.8, 4) is 5.75 Å². The van der Waals surface area contributed by atoms with Gasteiger partial charge in [-0.3, -0.25) is 0 Å². The van der Waals surface area contributed by atoms with Gasteiger partial charge in [-0.2, -0.15) is 0 Å². The lowest BCUT2D eigenvalue weighted by atomic mass is 10.0. The fourth-order valence-corrected chi connectivity index (χ4v) is 3.64. The second kappa shape index (κ2) is 7.82. The predicted molar refractivity (Wildman–Crippen MR) is 106 cm³/mol. The van der Waals surface area contributed by atoms with Gasteiger partial charge in [0.25, 0.3) is 0 Å². The Morgan fingerprint density at radius 3 is 2.96 bits per heavy atom. The molecule has 0 amide bonds. The summed E-state index contributed by atoms with van der Waals surface area (Å²) in [6, 6.07) is 10.1. The maximum atomic E-state index is 6.15. The number of aryl methyl sites for hydroxylation is 1. The van der Waals surface area contributed by atoms with Gasteiger partial charge in [-0.1, -0.05) is 18.2 Å². The molecule has 27 heavy (non-hydrogen) atoms. The van der Waals surface area contributed by atoms with Crippen LogP contribution in [0.25, 0.3) is 0 Å². The van der Waals surface area contributed by atoms with Gasteiger partial charge >= 0.3 is 0 Å². The number of anilines is 1. The minimum absolute atomic E-state index is 0.117. The molecule has 0 saturated carbocycles. The van der Waals surface area contributed by atoms with E-state index in [1.807, 2.05) is 31.2 Å². The average molecular weight is 366 g/mol. The largest absolute Gasteiger partial charge is 0.493 e. The lowest BCUT2D eigenvalue weighted by molar-refractivity contribution is 0.262. The second-order valence-corrected chi connectivity index (χ2v) is 7.07. The third-order valence-electron chi connectivity index (χ3n) is 4.98. The molecule has 2 aromatic rings. The lowest BCUT2D eigenvalue weighted by Gasteiger charge is -2.26. The Kier molecular flexibility index (Phi) is 5.09. The van der Waals surface area contributed by atoms with Crippen LogP contribution in [0.3, 0.4) is 0 Å². The first kappa shape index (κ1) is 17.6. The van der Waals surface area contributed by atoms with Crippen LogP contribution in [0.15, 0.2) is 35.3 Å². The number of hydrogen-bond acceptors (Lipinski definition) is 5. The highest BCUT2D eigenvalue weighted by atomic mass is 16.5. The Hall–Kier alpha value is -2.83. The Balaban J connectivity index is 1.44. The minimum Gasteiger partial charge on any atom is -0.493 e. The Morgan fingerprint density at radius 2 is 2.11 bits per heavy atom. The molecule has 7 heteroatoms. The number of nitrogens with two attached hydrogens (primary N) is 1. The highest BCUT2D eigenvalue weighted by Crippen LogP contribution is 2.31. The van der Waals surface area contributed by atoms with Crippen molar-refractivity contribution in [2.24, 2.45) is 10.7 Å². The van der Waals surface area contributed by atoms with Gasteiger partial charge in [-0.15, -0.1) is 0 Å². The molecule has 3 N–H and O–H groups in total. The lowest BCUT2D eigenvalue weighted by Crippen LogP contribution is -2.37. The molecule has 1 aromatic heterocycles. The third kappa shape index (κ3) is 4.13. The van der Waals surface area contributed by atoms with Crippen LogP contribution < -0.4 is 20.7 Å². The molecule has 4 rings (SSSR count). The van der Waals surface area contributed by atoms with E-state index in [2.05, 4.69) is 31.2 Å². The maximum absolute atomic E-state index is 6.15. The molecule has 1 unspecified atom stereocenters. The van der Waals surface area contributed by atoms with Crippen LogP contribution in [0, 0.1) is 6.92 Å². The standard InChI is InChI=1S/C20H26N6O/c1-14-12-15(24-20(23-14)26-9-4-5-10-26)13-22-19(21)25-17-8-11-27-18-7-3-2-6-16(17)18/h2-3,6-7,12,17H,4-5,8-11,13H2,1H3,(H3,21,22,25). The van der Waals surface area contributed by atoms with E-state index >= 15 is 0 Å². The summed E-state index contributed by atoms with van der Waals surface area (Å²) in [7, 11) is 0. The van der Waals surface area contributed by atoms with E-state index in [-0.39, 0.29) is 6.04 Å². The van der Waals surface area contributed by atoms with Crippen molar-refractivity contribution < 1.29 is 4.74 Å². The SMILES string of the molecule is Cc1cc(CN=C(N)NC2CCOc3ccccc32)nc(N2CCCC2)n1. The van der Waals surface area contributed by atoms with Crippen molar-refractivity contribution in [1.82, 2.24) is 15.3 Å². The van der Waals surface area contributed by atoms with E-state index in [0.29, 0.717) is 19.1 Å². The summed E-state index contributed by atoms with van der Waals surface area (Å²) in [4.78, 5) is 16.0. The molecule has 7 nitrogen and oxygen atoms in total. The van der Waals surface area contributed by atoms with E-state index in [9.17, 15) is 0 Å². The van der Waals surface area contributed by atoms with Crippen molar-refractivity contribution in [2.45, 2.75) is 38.8 Å². The quantitative estimate of drug-likeness (QED) is 0.638. The number of fused-ring (bicyclic) bond motifs is 1. The van der Waals surface area contributed by atoms with Crippen molar-refractivity contribution in [2.75, 3.05) is 24.6 Å². The number of hydrogen-bond donors (Lipinski definition) is 2. The van der Waals surface area contributed by atoms with E-state index < -0.39 is 0 Å². The molecule has 1 fully saturated rings. The summed E-state index contributed by atoms with van der Waals surface area (Å²) in [6.07, 6.45) is 3.27. The van der Waals surface area contributed by atoms with Crippen LogP contribution in [0.1, 0.15) is 42.3 Å². The Bertz CT molecular complexity index is 831. The molecule has 0 radical (unpaired) electrons. The summed E-state index contributed by atoms with van der Waals surface area (Å²) in [5.41, 5.74) is 9.12. The molecule has 0 spiro atoms. The highest BCUT2D eigenvalue weighted by molar-refractivity contribution is 5.78. The molecular weight excluding hydrogens is 340 g/mol. The zero-order chi connectivity index (χ0) is 18.6. The van der Waals surface area contributed by atoms with Crippen LogP contribution in [0.5, 0.6) is 5.75 Å². The number of nitrogens with one attached hydrogen (secondary N) is 1. The van der Waals surface area contributed by atoms with Gasteiger partial charge in [0.05, 0.1) is 24.9 Å². The number of benzene rings is 1. The first-order valence-corrected chi connectivity index (χ1v) is 9.57. The summed E-state index contributed by atoms with van der Waals surface area (Å²) >= 11 is 0. The zero-order valence-electron chi connectivity index (χ0n) is 15.7. The number of nitrogens with zero attached hydrogens (tertiary/aromatic N) is 4. The highest BCUT2D eigenvalue weighted by Gasteiger charge is 2.21. The van der Waals surface area contributed by atoms with Crippen molar-refractivity contribution in [3.63, 3.8) is 0 Å². The number of ether oxygens (including phenoxy) is 1. The predicted octanol–water partition coefficient (Wildman–Crippen LogP) is 2.31. The van der Waals surface area contributed by atoms with Gasteiger partial charge in [0.1, 0.15) is 5.75 Å².